The van der Waals surface area contributed by atoms with Gasteiger partial charge in [0.2, 0.25) is 0 Å². The molecule has 0 radical (unpaired) electrons. The third kappa shape index (κ3) is 3.36. The van der Waals surface area contributed by atoms with E-state index in [2.05, 4.69) is 24.1 Å². The summed E-state index contributed by atoms with van der Waals surface area (Å²) in [5.74, 6) is -0.958. The fourth-order valence-corrected chi connectivity index (χ4v) is 2.95. The second-order valence-electron chi connectivity index (χ2n) is 5.58. The molecule has 0 unspecified atom stereocenters. The molecule has 0 bridgehead atoms. The van der Waals surface area contributed by atoms with Crippen molar-refractivity contribution in [2.24, 2.45) is 11.1 Å². The second kappa shape index (κ2) is 5.77. The van der Waals surface area contributed by atoms with Crippen molar-refractivity contribution in [1.29, 1.82) is 0 Å². The smallest absolute Gasteiger partial charge is 0.263 e. The Morgan fingerprint density at radius 1 is 1.48 bits per heavy atom. The zero-order chi connectivity index (χ0) is 15.6. The molecular formula is C14H20N4O2S. The van der Waals surface area contributed by atoms with Gasteiger partial charge in [0.15, 0.2) is 0 Å². The summed E-state index contributed by atoms with van der Waals surface area (Å²) in [5.41, 5.74) is 11.9. The van der Waals surface area contributed by atoms with Crippen LogP contribution in [0.15, 0.2) is 12.7 Å². The minimum atomic E-state index is -0.630. The van der Waals surface area contributed by atoms with E-state index in [1.165, 1.54) is 0 Å². The van der Waals surface area contributed by atoms with Crippen LogP contribution in [0.3, 0.4) is 0 Å². The van der Waals surface area contributed by atoms with Crippen LogP contribution in [0.25, 0.3) is 0 Å². The first-order chi connectivity index (χ1) is 9.88. The number of nitrogens with one attached hydrogen (secondary N) is 2. The van der Waals surface area contributed by atoms with Gasteiger partial charge in [-0.05, 0) is 18.3 Å². The van der Waals surface area contributed by atoms with E-state index in [9.17, 15) is 9.59 Å². The van der Waals surface area contributed by atoms with Gasteiger partial charge < -0.3 is 22.1 Å². The predicted molar refractivity (Wildman–Crippen MR) is 85.6 cm³/mol. The van der Waals surface area contributed by atoms with E-state index in [4.69, 9.17) is 11.5 Å². The van der Waals surface area contributed by atoms with Crippen molar-refractivity contribution in [2.45, 2.75) is 19.8 Å². The molecule has 0 saturated heterocycles. The molecule has 6 N–H and O–H groups in total. The van der Waals surface area contributed by atoms with Crippen molar-refractivity contribution in [3.05, 3.63) is 23.1 Å². The third-order valence-corrected chi connectivity index (χ3v) is 4.75. The molecule has 21 heavy (non-hydrogen) atoms. The van der Waals surface area contributed by atoms with E-state index in [1.54, 1.807) is 6.08 Å². The van der Waals surface area contributed by atoms with E-state index in [-0.39, 0.29) is 22.6 Å². The maximum Gasteiger partial charge on any atom is 0.263 e. The lowest BCUT2D eigenvalue weighted by Crippen LogP contribution is -2.23. The van der Waals surface area contributed by atoms with Gasteiger partial charge in [-0.3, -0.25) is 9.59 Å². The van der Waals surface area contributed by atoms with Gasteiger partial charge in [-0.25, -0.2) is 0 Å². The van der Waals surface area contributed by atoms with Gasteiger partial charge >= 0.3 is 0 Å². The molecule has 1 aromatic rings. The topological polar surface area (TPSA) is 110 Å². The zero-order valence-corrected chi connectivity index (χ0v) is 12.8. The van der Waals surface area contributed by atoms with Crippen LogP contribution in [0.4, 0.5) is 10.7 Å². The molecular weight excluding hydrogens is 288 g/mol. The number of anilines is 2. The van der Waals surface area contributed by atoms with Gasteiger partial charge in [-0.2, -0.15) is 0 Å². The minimum absolute atomic E-state index is 0.137. The lowest BCUT2D eigenvalue weighted by Gasteiger charge is -2.10. The number of hydrogen-bond donors (Lipinski definition) is 4. The summed E-state index contributed by atoms with van der Waals surface area (Å²) in [6, 6.07) is 0. The molecule has 6 nitrogen and oxygen atoms in total. The third-order valence-electron chi connectivity index (χ3n) is 3.58. The van der Waals surface area contributed by atoms with Crippen LogP contribution in [0, 0.1) is 5.41 Å². The van der Waals surface area contributed by atoms with Crippen molar-refractivity contribution in [2.75, 3.05) is 24.1 Å². The molecule has 2 amide bonds. The molecule has 2 rings (SSSR count). The van der Waals surface area contributed by atoms with Gasteiger partial charge in [0.05, 0.1) is 11.3 Å². The van der Waals surface area contributed by atoms with E-state index in [0.717, 1.165) is 30.7 Å². The van der Waals surface area contributed by atoms with E-state index in [0.29, 0.717) is 16.4 Å². The average molecular weight is 308 g/mol. The number of carbonyl (C=O) groups excluding carboxylic acids is 2. The number of hydrogen-bond acceptors (Lipinski definition) is 5. The molecule has 1 aliphatic carbocycles. The molecule has 0 aromatic carbocycles. The summed E-state index contributed by atoms with van der Waals surface area (Å²) >= 11 is 1.16. The number of nitrogen functional groups attached to an aromatic ring is 1. The Bertz CT molecular complexity index is 590. The van der Waals surface area contributed by atoms with E-state index in [1.807, 2.05) is 0 Å². The standard InChI is InChI=1S/C14H20N4O2S/c1-3-6-17-12(20)10-9(15)8(11(16)19)13(21-10)18-7-14(2)4-5-14/h3,18H,1,4-7,15H2,2H3,(H2,16,19)(H,17,20). The van der Waals surface area contributed by atoms with Crippen LogP contribution in [0.1, 0.15) is 39.8 Å². The Morgan fingerprint density at radius 2 is 2.14 bits per heavy atom. The summed E-state index contributed by atoms with van der Waals surface area (Å²) < 4.78 is 0. The predicted octanol–water partition coefficient (Wildman–Crippen LogP) is 1.56. The highest BCUT2D eigenvalue weighted by Gasteiger charge is 2.37. The van der Waals surface area contributed by atoms with Gasteiger partial charge in [-0.15, -0.1) is 17.9 Å². The molecule has 0 aliphatic heterocycles. The van der Waals surface area contributed by atoms with Crippen LogP contribution in [-0.4, -0.2) is 24.9 Å². The average Bonchev–Trinajstić information content (AvgIpc) is 3.06. The lowest BCUT2D eigenvalue weighted by atomic mass is 10.1. The molecule has 0 atom stereocenters. The van der Waals surface area contributed by atoms with E-state index >= 15 is 0 Å². The zero-order valence-electron chi connectivity index (χ0n) is 12.0. The van der Waals surface area contributed by atoms with Crippen molar-refractivity contribution >= 4 is 33.8 Å². The SMILES string of the molecule is C=CCNC(=O)c1sc(NCC2(C)CC2)c(C(N)=O)c1N. The molecule has 114 valence electrons. The molecule has 1 heterocycles. The highest BCUT2D eigenvalue weighted by Crippen LogP contribution is 2.45. The van der Waals surface area contributed by atoms with Crippen LogP contribution >= 0.6 is 11.3 Å². The minimum Gasteiger partial charge on any atom is -0.397 e. The Labute approximate surface area is 127 Å². The molecule has 1 aliphatic rings. The number of nitrogens with two attached hydrogens (primary N) is 2. The number of carbonyl (C=O) groups is 2. The summed E-state index contributed by atoms with van der Waals surface area (Å²) in [5, 5.41) is 6.42. The highest BCUT2D eigenvalue weighted by molar-refractivity contribution is 7.19. The monoisotopic (exact) mass is 308 g/mol. The molecule has 0 spiro atoms. The molecule has 7 heteroatoms. The lowest BCUT2D eigenvalue weighted by molar-refractivity contribution is 0.0962. The van der Waals surface area contributed by atoms with Gasteiger partial charge in [0.25, 0.3) is 11.8 Å². The van der Waals surface area contributed by atoms with Crippen molar-refractivity contribution in [1.82, 2.24) is 5.32 Å². The number of primary amides is 1. The summed E-state index contributed by atoms with van der Waals surface area (Å²) in [6.45, 7) is 6.77. The van der Waals surface area contributed by atoms with Crippen LogP contribution in [0.2, 0.25) is 0 Å². The first-order valence-corrected chi connectivity index (χ1v) is 7.54. The van der Waals surface area contributed by atoms with E-state index < -0.39 is 5.91 Å². The molecule has 1 aromatic heterocycles. The molecule has 1 saturated carbocycles. The van der Waals surface area contributed by atoms with Gasteiger partial charge in [-0.1, -0.05) is 13.0 Å². The normalized spacial score (nSPS) is 15.3. The summed E-state index contributed by atoms with van der Waals surface area (Å²) in [6.07, 6.45) is 3.88. The van der Waals surface area contributed by atoms with Crippen molar-refractivity contribution in [3.8, 4) is 0 Å². The largest absolute Gasteiger partial charge is 0.397 e. The Morgan fingerprint density at radius 3 is 2.67 bits per heavy atom. The quantitative estimate of drug-likeness (QED) is 0.573. The summed E-state index contributed by atoms with van der Waals surface area (Å²) in [7, 11) is 0. The molecule has 1 fully saturated rings. The van der Waals surface area contributed by atoms with Gasteiger partial charge in [0.1, 0.15) is 9.88 Å². The van der Waals surface area contributed by atoms with Crippen molar-refractivity contribution in [3.63, 3.8) is 0 Å². The number of rotatable bonds is 7. The first kappa shape index (κ1) is 15.4. The van der Waals surface area contributed by atoms with Crippen molar-refractivity contribution < 1.29 is 9.59 Å². The van der Waals surface area contributed by atoms with Crippen LogP contribution in [-0.2, 0) is 0 Å². The number of amides is 2. The number of thiophene rings is 1. The maximum absolute atomic E-state index is 12.0. The summed E-state index contributed by atoms with van der Waals surface area (Å²) in [4.78, 5) is 23.9. The maximum atomic E-state index is 12.0. The first-order valence-electron chi connectivity index (χ1n) is 6.73. The van der Waals surface area contributed by atoms with Crippen LogP contribution < -0.4 is 22.1 Å². The Balaban J connectivity index is 2.24. The fraction of sp³-hybridized carbons (Fsp3) is 0.429. The Kier molecular flexibility index (Phi) is 4.22. The highest BCUT2D eigenvalue weighted by atomic mass is 32.1. The Hall–Kier alpha value is -2.02. The second-order valence-corrected chi connectivity index (χ2v) is 6.60. The van der Waals surface area contributed by atoms with Crippen LogP contribution in [0.5, 0.6) is 0 Å². The fourth-order valence-electron chi connectivity index (χ4n) is 1.91. The van der Waals surface area contributed by atoms with Gasteiger partial charge in [0, 0.05) is 13.1 Å².